The Labute approximate surface area is 246 Å². The van der Waals surface area contributed by atoms with Crippen LogP contribution in [0.3, 0.4) is 0 Å². The van der Waals surface area contributed by atoms with Gasteiger partial charge in [-0.05, 0) is 41.5 Å². The van der Waals surface area contributed by atoms with E-state index in [1.807, 2.05) is 0 Å². The number of aromatic nitrogens is 1. The van der Waals surface area contributed by atoms with Crippen molar-refractivity contribution in [1.82, 2.24) is 19.8 Å². The van der Waals surface area contributed by atoms with Crippen molar-refractivity contribution in [2.24, 2.45) is 16.9 Å². The second-order valence-electron chi connectivity index (χ2n) is 11.3. The number of hydrazine groups is 1. The van der Waals surface area contributed by atoms with Crippen molar-refractivity contribution in [3.8, 4) is 0 Å². The Morgan fingerprint density at radius 1 is 1.22 bits per heavy atom. The van der Waals surface area contributed by atoms with Gasteiger partial charge in [-0.15, -0.1) is 11.3 Å². The molecular formula is C24H31BN6O8S2. The number of ketones is 1. The molecule has 2 radical (unpaired) electrons. The second kappa shape index (κ2) is 10.9. The van der Waals surface area contributed by atoms with Gasteiger partial charge in [0, 0.05) is 18.3 Å². The number of nitrogens with zero attached hydrogens (tertiary/aromatic N) is 5. The van der Waals surface area contributed by atoms with E-state index in [0.717, 1.165) is 16.8 Å². The van der Waals surface area contributed by atoms with Crippen LogP contribution >= 0.6 is 23.1 Å². The Hall–Kier alpha value is -3.18. The third-order valence-electron chi connectivity index (χ3n) is 6.64. The number of Topliss-reactive ketones (excluding diaryl/α,β-unsaturated/α-hetero) is 1. The number of hydrogen-bond donors (Lipinski definition) is 1. The molecule has 3 aliphatic heterocycles. The van der Waals surface area contributed by atoms with Crippen LogP contribution in [-0.2, 0) is 33.4 Å². The molecule has 0 aromatic carbocycles. The van der Waals surface area contributed by atoms with Crippen molar-refractivity contribution in [3.63, 3.8) is 0 Å². The van der Waals surface area contributed by atoms with Crippen LogP contribution in [-0.4, -0.2) is 104 Å². The van der Waals surface area contributed by atoms with Gasteiger partial charge in [0.2, 0.25) is 16.4 Å². The number of rotatable bonds is 9. The first-order valence-electron chi connectivity index (χ1n) is 12.7. The van der Waals surface area contributed by atoms with E-state index in [0.29, 0.717) is 5.01 Å². The molecule has 2 N–H and O–H groups in total. The molecule has 220 valence electrons. The monoisotopic (exact) mass is 606 g/mol. The van der Waals surface area contributed by atoms with E-state index < -0.39 is 51.1 Å². The molecule has 3 fully saturated rings. The summed E-state index contributed by atoms with van der Waals surface area (Å²) < 4.78 is 9.91. The highest BCUT2D eigenvalue weighted by molar-refractivity contribution is 8.02. The number of ether oxygens (including phenoxy) is 1. The van der Waals surface area contributed by atoms with E-state index in [2.05, 4.69) is 14.8 Å². The number of urea groups is 1. The summed E-state index contributed by atoms with van der Waals surface area (Å²) in [6.45, 7) is 9.94. The SMILES string of the molecule is [B]OC(=O)[C@@]1(N2CCN(N)C2=O)CN2C(=O)C(CC(=O)/C(=N\OC(C)(C)C(=O)OC(C)(C)C)c3csc(C)n3)[C@H]2S1. The maximum absolute atomic E-state index is 13.6. The zero-order valence-electron chi connectivity index (χ0n) is 23.5. The highest BCUT2D eigenvalue weighted by Gasteiger charge is 2.66. The van der Waals surface area contributed by atoms with Gasteiger partial charge >= 0.3 is 26.0 Å². The molecule has 14 nitrogen and oxygen atoms in total. The third kappa shape index (κ3) is 5.79. The normalized spacial score (nSPS) is 24.8. The Balaban J connectivity index is 1.55. The predicted octanol–water partition coefficient (Wildman–Crippen LogP) is 0.717. The van der Waals surface area contributed by atoms with Crippen molar-refractivity contribution in [2.45, 2.75) is 69.4 Å². The first-order valence-corrected chi connectivity index (χ1v) is 14.5. The number of nitrogens with two attached hydrogens (primary N) is 1. The lowest BCUT2D eigenvalue weighted by Crippen LogP contribution is -2.60. The number of β-lactam (4-membered cyclic amide) rings is 1. The van der Waals surface area contributed by atoms with Crippen LogP contribution in [0.5, 0.6) is 0 Å². The molecule has 1 unspecified atom stereocenters. The van der Waals surface area contributed by atoms with Crippen LogP contribution in [0.25, 0.3) is 0 Å². The smallest absolute Gasteiger partial charge is 0.378 e. The van der Waals surface area contributed by atoms with Gasteiger partial charge in [0.1, 0.15) is 11.3 Å². The maximum atomic E-state index is 13.6. The topological polar surface area (TPSA) is 174 Å². The van der Waals surface area contributed by atoms with Gasteiger partial charge < -0.3 is 19.1 Å². The number of esters is 1. The fourth-order valence-electron chi connectivity index (χ4n) is 4.53. The Kier molecular flexibility index (Phi) is 8.19. The molecule has 0 bridgehead atoms. The van der Waals surface area contributed by atoms with Crippen LogP contribution in [0.4, 0.5) is 4.79 Å². The van der Waals surface area contributed by atoms with Gasteiger partial charge in [-0.25, -0.2) is 20.4 Å². The number of fused-ring (bicyclic) bond motifs is 1. The minimum absolute atomic E-state index is 0.126. The Bertz CT molecular complexity index is 1310. The van der Waals surface area contributed by atoms with Gasteiger partial charge in [0.15, 0.2) is 11.5 Å². The van der Waals surface area contributed by atoms with Crippen LogP contribution in [0.2, 0.25) is 0 Å². The summed E-state index contributed by atoms with van der Waals surface area (Å²) in [6, 6.07) is -0.608. The molecule has 0 aliphatic carbocycles. The van der Waals surface area contributed by atoms with Gasteiger partial charge in [-0.1, -0.05) is 16.9 Å². The molecule has 4 heterocycles. The van der Waals surface area contributed by atoms with Crippen LogP contribution < -0.4 is 5.84 Å². The number of amides is 3. The van der Waals surface area contributed by atoms with E-state index >= 15 is 0 Å². The fraction of sp³-hybridized carbons (Fsp3) is 0.625. The molecular weight excluding hydrogens is 575 g/mol. The summed E-state index contributed by atoms with van der Waals surface area (Å²) in [5.41, 5.74) is -2.24. The third-order valence-corrected chi connectivity index (χ3v) is 9.15. The molecule has 1 aromatic rings. The van der Waals surface area contributed by atoms with Crippen molar-refractivity contribution < 1.29 is 38.2 Å². The predicted molar refractivity (Wildman–Crippen MR) is 148 cm³/mol. The van der Waals surface area contributed by atoms with E-state index in [9.17, 15) is 24.0 Å². The van der Waals surface area contributed by atoms with Crippen LogP contribution in [0.1, 0.15) is 51.7 Å². The fourth-order valence-corrected chi connectivity index (χ4v) is 6.86. The minimum Gasteiger partial charge on any atom is -0.541 e. The van der Waals surface area contributed by atoms with E-state index in [-0.39, 0.29) is 43.4 Å². The summed E-state index contributed by atoms with van der Waals surface area (Å²) in [4.78, 5) is 75.7. The van der Waals surface area contributed by atoms with Crippen molar-refractivity contribution in [1.29, 1.82) is 0 Å². The zero-order chi connectivity index (χ0) is 30.5. The molecule has 3 atom stereocenters. The number of thiazole rings is 1. The quantitative estimate of drug-likeness (QED) is 0.0798. The molecule has 3 saturated heterocycles. The standard InChI is InChI=1S/C24H31BN6O8S2/c1-12-27-14(10-40-12)16(28-39-23(5,6)19(34)37-22(2,3)4)15(32)9-13-17(33)29-11-24(20(35)38-25,41-18(13)29)30-7-8-31(26)21(30)36/h10,13,18H,7-9,11,26H2,1-6H3/b28-16-/t13?,18-,24-/m1/s1. The van der Waals surface area contributed by atoms with Gasteiger partial charge in [0.05, 0.1) is 29.4 Å². The molecule has 0 spiro atoms. The van der Waals surface area contributed by atoms with Crippen molar-refractivity contribution in [3.05, 3.63) is 16.1 Å². The van der Waals surface area contributed by atoms with Crippen molar-refractivity contribution in [2.75, 3.05) is 19.6 Å². The van der Waals surface area contributed by atoms with E-state index in [1.165, 1.54) is 35.0 Å². The number of aryl methyl sites for hydroxylation is 1. The first kappa shape index (κ1) is 30.8. The highest BCUT2D eigenvalue weighted by Crippen LogP contribution is 2.53. The summed E-state index contributed by atoms with van der Waals surface area (Å²) in [7, 11) is 5.20. The minimum atomic E-state index is -1.61. The average Bonchev–Trinajstić information content (AvgIpc) is 3.57. The number of carbonyl (C=O) groups excluding carboxylic acids is 5. The summed E-state index contributed by atoms with van der Waals surface area (Å²) in [6.07, 6.45) is -0.288. The number of oxime groups is 1. The number of carbonyl (C=O) groups is 5. The zero-order valence-corrected chi connectivity index (χ0v) is 25.2. The molecule has 4 rings (SSSR count). The second-order valence-corrected chi connectivity index (χ2v) is 13.8. The molecule has 3 amide bonds. The van der Waals surface area contributed by atoms with E-state index in [1.54, 1.807) is 33.1 Å². The van der Waals surface area contributed by atoms with Gasteiger partial charge in [0.25, 0.3) is 0 Å². The molecule has 41 heavy (non-hydrogen) atoms. The molecule has 0 saturated carbocycles. The lowest BCUT2D eigenvalue weighted by Gasteiger charge is -2.40. The highest BCUT2D eigenvalue weighted by atomic mass is 32.2. The summed E-state index contributed by atoms with van der Waals surface area (Å²) in [5, 5.41) is 6.64. The maximum Gasteiger partial charge on any atom is 0.378 e. The van der Waals surface area contributed by atoms with Gasteiger partial charge in [-0.2, -0.15) is 0 Å². The lowest BCUT2D eigenvalue weighted by molar-refractivity contribution is -0.179. The van der Waals surface area contributed by atoms with E-state index in [4.69, 9.17) is 23.5 Å². The summed E-state index contributed by atoms with van der Waals surface area (Å²) >= 11 is 2.30. The average molecular weight is 606 g/mol. The van der Waals surface area contributed by atoms with Crippen LogP contribution in [0.15, 0.2) is 10.5 Å². The lowest BCUT2D eigenvalue weighted by atomic mass is 9.90. The molecule has 17 heteroatoms. The van der Waals surface area contributed by atoms with Gasteiger partial charge in [-0.3, -0.25) is 24.3 Å². The van der Waals surface area contributed by atoms with Crippen molar-refractivity contribution >= 4 is 66.5 Å². The largest absolute Gasteiger partial charge is 0.541 e. The number of thioether (sulfide) groups is 1. The Morgan fingerprint density at radius 2 is 1.90 bits per heavy atom. The number of hydrogen-bond acceptors (Lipinski definition) is 13. The van der Waals surface area contributed by atoms with Crippen LogP contribution in [0, 0.1) is 12.8 Å². The molecule has 3 aliphatic rings. The Morgan fingerprint density at radius 3 is 2.44 bits per heavy atom. The molecule has 1 aromatic heterocycles. The first-order chi connectivity index (χ1) is 19.0. The summed E-state index contributed by atoms with van der Waals surface area (Å²) in [5.74, 6) is 2.34.